The molecule has 1 fully saturated rings. The molecule has 0 amide bonds. The molecule has 1 aliphatic heterocycles. The van der Waals surface area contributed by atoms with Crippen LogP contribution in [0.3, 0.4) is 0 Å². The number of ether oxygens (including phenoxy) is 2. The molecule has 9 heavy (non-hydrogen) atoms. The first-order chi connectivity index (χ1) is 4.38. The van der Waals surface area contributed by atoms with Gasteiger partial charge in [-0.25, -0.2) is 0 Å². The van der Waals surface area contributed by atoms with Crippen molar-refractivity contribution in [3.05, 3.63) is 0 Å². The molecule has 0 aliphatic carbocycles. The summed E-state index contributed by atoms with van der Waals surface area (Å²) >= 11 is 0. The highest BCUT2D eigenvalue weighted by molar-refractivity contribution is 5.11. The first kappa shape index (κ1) is 6.16. The molecule has 0 aromatic rings. The molecular formula is C7H6O2. The molecule has 2 nitrogen and oxygen atoms in total. The van der Waals surface area contributed by atoms with Gasteiger partial charge in [-0.1, -0.05) is 11.8 Å². The minimum atomic E-state index is -0.352. The zero-order valence-electron chi connectivity index (χ0n) is 4.83. The van der Waals surface area contributed by atoms with E-state index in [4.69, 9.17) is 22.3 Å². The van der Waals surface area contributed by atoms with Crippen LogP contribution in [0.25, 0.3) is 0 Å². The van der Waals surface area contributed by atoms with Crippen LogP contribution in [-0.4, -0.2) is 19.0 Å². The van der Waals surface area contributed by atoms with E-state index in [2.05, 4.69) is 11.8 Å². The van der Waals surface area contributed by atoms with Gasteiger partial charge in [0.15, 0.2) is 12.2 Å². The SMILES string of the molecule is C#CC1OCOC1C#C. The monoisotopic (exact) mass is 122 g/mol. The maximum atomic E-state index is 5.05. The van der Waals surface area contributed by atoms with Crippen LogP contribution in [0, 0.1) is 24.7 Å². The Balaban J connectivity index is 2.57. The topological polar surface area (TPSA) is 18.5 Å². The summed E-state index contributed by atoms with van der Waals surface area (Å²) in [7, 11) is 0. The summed E-state index contributed by atoms with van der Waals surface area (Å²) < 4.78 is 9.81. The summed E-state index contributed by atoms with van der Waals surface area (Å²) in [4.78, 5) is 0. The van der Waals surface area contributed by atoms with Gasteiger partial charge in [-0.2, -0.15) is 0 Å². The largest absolute Gasteiger partial charge is 0.336 e. The lowest BCUT2D eigenvalue weighted by Crippen LogP contribution is -2.17. The lowest BCUT2D eigenvalue weighted by Gasteiger charge is -2.01. The summed E-state index contributed by atoms with van der Waals surface area (Å²) in [5, 5.41) is 0. The predicted octanol–water partition coefficient (Wildman–Crippen LogP) is -0.00570. The Bertz CT molecular complexity index is 152. The molecule has 1 aliphatic rings. The van der Waals surface area contributed by atoms with Gasteiger partial charge < -0.3 is 9.47 Å². The molecule has 1 rings (SSSR count). The van der Waals surface area contributed by atoms with Gasteiger partial charge in [-0.15, -0.1) is 12.8 Å². The summed E-state index contributed by atoms with van der Waals surface area (Å²) in [6.45, 7) is 0.212. The average molecular weight is 122 g/mol. The first-order valence-electron chi connectivity index (χ1n) is 2.54. The fourth-order valence-corrected chi connectivity index (χ4v) is 0.632. The van der Waals surface area contributed by atoms with Crippen molar-refractivity contribution in [2.75, 3.05) is 6.79 Å². The van der Waals surface area contributed by atoms with E-state index in [-0.39, 0.29) is 19.0 Å². The van der Waals surface area contributed by atoms with Gasteiger partial charge in [0.2, 0.25) is 0 Å². The van der Waals surface area contributed by atoms with Crippen LogP contribution >= 0.6 is 0 Å². The van der Waals surface area contributed by atoms with E-state index in [9.17, 15) is 0 Å². The molecule has 46 valence electrons. The van der Waals surface area contributed by atoms with Crippen LogP contribution in [0.15, 0.2) is 0 Å². The van der Waals surface area contributed by atoms with E-state index in [1.807, 2.05) is 0 Å². The molecule has 0 aromatic heterocycles. The van der Waals surface area contributed by atoms with Crippen molar-refractivity contribution in [1.29, 1.82) is 0 Å². The van der Waals surface area contributed by atoms with E-state index in [0.717, 1.165) is 0 Å². The van der Waals surface area contributed by atoms with Gasteiger partial charge in [0, 0.05) is 0 Å². The molecule has 0 N–H and O–H groups in total. The van der Waals surface area contributed by atoms with Crippen LogP contribution < -0.4 is 0 Å². The summed E-state index contributed by atoms with van der Waals surface area (Å²) in [6.07, 6.45) is 9.39. The van der Waals surface area contributed by atoms with E-state index in [0.29, 0.717) is 0 Å². The molecule has 0 aromatic carbocycles. The van der Waals surface area contributed by atoms with Crippen molar-refractivity contribution in [2.45, 2.75) is 12.2 Å². The van der Waals surface area contributed by atoms with Crippen molar-refractivity contribution >= 4 is 0 Å². The third kappa shape index (κ3) is 1.05. The lowest BCUT2D eigenvalue weighted by molar-refractivity contribution is 0.0523. The van der Waals surface area contributed by atoms with Crippen molar-refractivity contribution in [2.24, 2.45) is 0 Å². The lowest BCUT2D eigenvalue weighted by atomic mass is 10.2. The molecule has 1 saturated heterocycles. The van der Waals surface area contributed by atoms with E-state index < -0.39 is 0 Å². The number of terminal acetylenes is 2. The zero-order valence-corrected chi connectivity index (χ0v) is 4.83. The Labute approximate surface area is 54.1 Å². The fourth-order valence-electron chi connectivity index (χ4n) is 0.632. The molecule has 0 saturated carbocycles. The molecule has 0 radical (unpaired) electrons. The summed E-state index contributed by atoms with van der Waals surface area (Å²) in [6, 6.07) is 0. The minimum absolute atomic E-state index is 0.212. The van der Waals surface area contributed by atoms with Gasteiger partial charge in [-0.3, -0.25) is 0 Å². The molecule has 2 atom stereocenters. The average Bonchev–Trinajstić information content (AvgIpc) is 2.33. The third-order valence-corrected chi connectivity index (χ3v) is 1.10. The maximum absolute atomic E-state index is 5.05. The second-order valence-electron chi connectivity index (χ2n) is 1.63. The molecule has 2 unspecified atom stereocenters. The van der Waals surface area contributed by atoms with E-state index in [1.165, 1.54) is 0 Å². The van der Waals surface area contributed by atoms with Crippen LogP contribution in [0.4, 0.5) is 0 Å². The number of rotatable bonds is 0. The van der Waals surface area contributed by atoms with Crippen LogP contribution in [-0.2, 0) is 9.47 Å². The van der Waals surface area contributed by atoms with E-state index >= 15 is 0 Å². The standard InChI is InChI=1S/C7H6O2/c1-3-6-7(4-2)9-5-8-6/h1-2,6-7H,5H2. The van der Waals surface area contributed by atoms with Crippen LogP contribution in [0.1, 0.15) is 0 Å². The van der Waals surface area contributed by atoms with Crippen LogP contribution in [0.5, 0.6) is 0 Å². The second kappa shape index (κ2) is 2.55. The summed E-state index contributed by atoms with van der Waals surface area (Å²) in [5.74, 6) is 4.75. The Morgan fingerprint density at radius 2 is 1.56 bits per heavy atom. The Morgan fingerprint density at radius 3 is 1.89 bits per heavy atom. The Morgan fingerprint density at radius 1 is 1.11 bits per heavy atom. The Kier molecular flexibility index (Phi) is 1.75. The molecule has 0 bridgehead atoms. The smallest absolute Gasteiger partial charge is 0.158 e. The predicted molar refractivity (Wildman–Crippen MR) is 32.3 cm³/mol. The molecule has 0 spiro atoms. The first-order valence-corrected chi connectivity index (χ1v) is 2.54. The Hall–Kier alpha value is -0.960. The highest BCUT2D eigenvalue weighted by atomic mass is 16.7. The van der Waals surface area contributed by atoms with Gasteiger partial charge in [0.25, 0.3) is 0 Å². The van der Waals surface area contributed by atoms with Crippen molar-refractivity contribution in [1.82, 2.24) is 0 Å². The molecule has 2 heteroatoms. The molecule has 1 heterocycles. The quantitative estimate of drug-likeness (QED) is 0.421. The van der Waals surface area contributed by atoms with Gasteiger partial charge in [-0.05, 0) is 0 Å². The second-order valence-corrected chi connectivity index (χ2v) is 1.63. The third-order valence-electron chi connectivity index (χ3n) is 1.10. The maximum Gasteiger partial charge on any atom is 0.158 e. The minimum Gasteiger partial charge on any atom is -0.336 e. The zero-order chi connectivity index (χ0) is 6.69. The number of hydrogen-bond acceptors (Lipinski definition) is 2. The van der Waals surface area contributed by atoms with Crippen molar-refractivity contribution in [3.8, 4) is 24.7 Å². The highest BCUT2D eigenvalue weighted by Gasteiger charge is 2.24. The highest BCUT2D eigenvalue weighted by Crippen LogP contribution is 2.09. The van der Waals surface area contributed by atoms with E-state index in [1.54, 1.807) is 0 Å². The normalized spacial score (nSPS) is 33.1. The van der Waals surface area contributed by atoms with Crippen molar-refractivity contribution < 1.29 is 9.47 Å². The van der Waals surface area contributed by atoms with Gasteiger partial charge >= 0.3 is 0 Å². The number of hydrogen-bond donors (Lipinski definition) is 0. The van der Waals surface area contributed by atoms with Crippen LogP contribution in [0.2, 0.25) is 0 Å². The van der Waals surface area contributed by atoms with Crippen molar-refractivity contribution in [3.63, 3.8) is 0 Å². The van der Waals surface area contributed by atoms with Gasteiger partial charge in [0.1, 0.15) is 6.79 Å². The molecular weight excluding hydrogens is 116 g/mol. The summed E-state index contributed by atoms with van der Waals surface area (Å²) in [5.41, 5.74) is 0. The van der Waals surface area contributed by atoms with Gasteiger partial charge in [0.05, 0.1) is 0 Å². The fraction of sp³-hybridized carbons (Fsp3) is 0.429.